The second-order valence-corrected chi connectivity index (χ2v) is 5.25. The van der Waals surface area contributed by atoms with Crippen LogP contribution in [0, 0.1) is 35.0 Å². The van der Waals surface area contributed by atoms with E-state index in [0.717, 1.165) is 17.8 Å². The van der Waals surface area contributed by atoms with Gasteiger partial charge in [0.15, 0.2) is 0 Å². The van der Waals surface area contributed by atoms with Gasteiger partial charge in [-0.3, -0.25) is 0 Å². The Morgan fingerprint density at radius 1 is 1.07 bits per heavy atom. The van der Waals surface area contributed by atoms with Crippen LogP contribution < -0.4 is 0 Å². The summed E-state index contributed by atoms with van der Waals surface area (Å²) in [5.74, 6) is 3.25. The molecule has 2 aliphatic rings. The van der Waals surface area contributed by atoms with Crippen LogP contribution in [0.5, 0.6) is 0 Å². The van der Waals surface area contributed by atoms with Crippen LogP contribution in [0.15, 0.2) is 0 Å². The van der Waals surface area contributed by atoms with E-state index in [1.54, 1.807) is 0 Å². The monoisotopic (exact) mass is 191 g/mol. The van der Waals surface area contributed by atoms with Gasteiger partial charge in [-0.15, -0.1) is 0 Å². The summed E-state index contributed by atoms with van der Waals surface area (Å²) in [6.07, 6.45) is 9.37. The molecular formula is C13H21N. The second kappa shape index (κ2) is 4.34. The van der Waals surface area contributed by atoms with Crippen molar-refractivity contribution in [3.8, 4) is 6.07 Å². The van der Waals surface area contributed by atoms with Crippen molar-refractivity contribution in [1.29, 1.82) is 5.26 Å². The summed E-state index contributed by atoms with van der Waals surface area (Å²) in [7, 11) is 0. The highest BCUT2D eigenvalue weighted by Gasteiger charge is 2.34. The minimum absolute atomic E-state index is 0.384. The summed E-state index contributed by atoms with van der Waals surface area (Å²) in [6.45, 7) is 2.33. The molecule has 4 unspecified atom stereocenters. The predicted octanol–water partition coefficient (Wildman–Crippen LogP) is 3.75. The van der Waals surface area contributed by atoms with Gasteiger partial charge in [0.05, 0.1) is 6.07 Å². The molecule has 0 N–H and O–H groups in total. The molecule has 0 aromatic carbocycles. The Kier molecular flexibility index (Phi) is 3.11. The van der Waals surface area contributed by atoms with Crippen molar-refractivity contribution in [2.75, 3.05) is 0 Å². The third-order valence-electron chi connectivity index (χ3n) is 4.48. The van der Waals surface area contributed by atoms with Gasteiger partial charge in [-0.1, -0.05) is 19.8 Å². The van der Waals surface area contributed by atoms with Gasteiger partial charge in [0, 0.05) is 5.92 Å². The van der Waals surface area contributed by atoms with E-state index < -0.39 is 0 Å². The summed E-state index contributed by atoms with van der Waals surface area (Å²) < 4.78 is 0. The third-order valence-corrected chi connectivity index (χ3v) is 4.48. The number of hydrogen-bond acceptors (Lipinski definition) is 1. The van der Waals surface area contributed by atoms with Gasteiger partial charge in [0.1, 0.15) is 0 Å². The van der Waals surface area contributed by atoms with Crippen LogP contribution in [0.2, 0.25) is 0 Å². The number of hydrogen-bond donors (Lipinski definition) is 0. The molecule has 0 aromatic rings. The van der Waals surface area contributed by atoms with Crippen LogP contribution in [0.3, 0.4) is 0 Å². The van der Waals surface area contributed by atoms with E-state index in [0.29, 0.717) is 5.92 Å². The summed E-state index contributed by atoms with van der Waals surface area (Å²) in [4.78, 5) is 0. The van der Waals surface area contributed by atoms with Crippen LogP contribution in [-0.4, -0.2) is 0 Å². The van der Waals surface area contributed by atoms with E-state index >= 15 is 0 Å². The highest BCUT2D eigenvalue weighted by molar-refractivity contribution is 4.93. The van der Waals surface area contributed by atoms with Crippen molar-refractivity contribution in [3.63, 3.8) is 0 Å². The Morgan fingerprint density at radius 2 is 1.79 bits per heavy atom. The maximum absolute atomic E-state index is 8.93. The van der Waals surface area contributed by atoms with Gasteiger partial charge >= 0.3 is 0 Å². The Bertz CT molecular complexity index is 228. The molecule has 14 heavy (non-hydrogen) atoms. The standard InChI is InChI=1S/C13H21N/c1-2-10-3-5-13-8-11(9-14)4-6-12(13)7-10/h10-13H,2-8H2,1H3. The number of fused-ring (bicyclic) bond motifs is 1. The van der Waals surface area contributed by atoms with Crippen molar-refractivity contribution in [3.05, 3.63) is 0 Å². The fraction of sp³-hybridized carbons (Fsp3) is 0.923. The number of nitriles is 1. The molecule has 2 fully saturated rings. The number of rotatable bonds is 1. The average molecular weight is 191 g/mol. The molecule has 1 heteroatoms. The Hall–Kier alpha value is -0.510. The maximum atomic E-state index is 8.93. The molecule has 78 valence electrons. The second-order valence-electron chi connectivity index (χ2n) is 5.25. The SMILES string of the molecule is CCC1CCC2CC(C#N)CCC2C1. The molecule has 0 heterocycles. The zero-order valence-electron chi connectivity index (χ0n) is 9.21. The van der Waals surface area contributed by atoms with Gasteiger partial charge in [-0.2, -0.15) is 5.26 Å². The molecular weight excluding hydrogens is 170 g/mol. The zero-order chi connectivity index (χ0) is 9.97. The molecule has 1 nitrogen and oxygen atoms in total. The lowest BCUT2D eigenvalue weighted by atomic mass is 9.65. The Balaban J connectivity index is 1.92. The topological polar surface area (TPSA) is 23.8 Å². The molecule has 2 saturated carbocycles. The van der Waals surface area contributed by atoms with Crippen LogP contribution >= 0.6 is 0 Å². The maximum Gasteiger partial charge on any atom is 0.0655 e. The zero-order valence-corrected chi connectivity index (χ0v) is 9.21. The van der Waals surface area contributed by atoms with Gasteiger partial charge in [0.2, 0.25) is 0 Å². The molecule has 0 amide bonds. The molecule has 2 aliphatic carbocycles. The van der Waals surface area contributed by atoms with Gasteiger partial charge < -0.3 is 0 Å². The lowest BCUT2D eigenvalue weighted by Gasteiger charge is -2.40. The van der Waals surface area contributed by atoms with Crippen molar-refractivity contribution >= 4 is 0 Å². The first kappa shape index (κ1) is 10.0. The molecule has 0 spiro atoms. The largest absolute Gasteiger partial charge is 0.198 e. The molecule has 0 aliphatic heterocycles. The fourth-order valence-electron chi connectivity index (χ4n) is 3.47. The van der Waals surface area contributed by atoms with Gasteiger partial charge in [0.25, 0.3) is 0 Å². The smallest absolute Gasteiger partial charge is 0.0655 e. The summed E-state index contributed by atoms with van der Waals surface area (Å²) >= 11 is 0. The van der Waals surface area contributed by atoms with E-state index in [2.05, 4.69) is 13.0 Å². The van der Waals surface area contributed by atoms with Crippen LogP contribution in [0.1, 0.15) is 51.9 Å². The van der Waals surface area contributed by atoms with Crippen molar-refractivity contribution < 1.29 is 0 Å². The van der Waals surface area contributed by atoms with E-state index in [1.807, 2.05) is 0 Å². The Morgan fingerprint density at radius 3 is 2.50 bits per heavy atom. The molecule has 0 radical (unpaired) electrons. The molecule has 0 bridgehead atoms. The first-order chi connectivity index (χ1) is 6.83. The van der Waals surface area contributed by atoms with E-state index in [9.17, 15) is 0 Å². The predicted molar refractivity (Wildman–Crippen MR) is 57.6 cm³/mol. The third kappa shape index (κ3) is 1.95. The molecule has 0 aromatic heterocycles. The fourth-order valence-corrected chi connectivity index (χ4v) is 3.47. The van der Waals surface area contributed by atoms with Gasteiger partial charge in [-0.05, 0) is 49.9 Å². The lowest BCUT2D eigenvalue weighted by molar-refractivity contribution is 0.111. The average Bonchev–Trinajstić information content (AvgIpc) is 2.27. The van der Waals surface area contributed by atoms with Crippen LogP contribution in [0.25, 0.3) is 0 Å². The summed E-state index contributed by atoms with van der Waals surface area (Å²) in [5.41, 5.74) is 0. The molecule has 0 saturated heterocycles. The minimum atomic E-state index is 0.384. The highest BCUT2D eigenvalue weighted by Crippen LogP contribution is 2.45. The molecule has 2 rings (SSSR count). The van der Waals surface area contributed by atoms with Gasteiger partial charge in [-0.25, -0.2) is 0 Å². The molecule has 4 atom stereocenters. The normalized spacial score (nSPS) is 42.6. The first-order valence-corrected chi connectivity index (χ1v) is 6.23. The van der Waals surface area contributed by atoms with Crippen molar-refractivity contribution in [2.45, 2.75) is 51.9 Å². The minimum Gasteiger partial charge on any atom is -0.198 e. The summed E-state index contributed by atoms with van der Waals surface area (Å²) in [6, 6.07) is 2.46. The summed E-state index contributed by atoms with van der Waals surface area (Å²) in [5, 5.41) is 8.93. The first-order valence-electron chi connectivity index (χ1n) is 6.23. The van der Waals surface area contributed by atoms with Crippen LogP contribution in [0.4, 0.5) is 0 Å². The highest BCUT2D eigenvalue weighted by atomic mass is 14.4. The lowest BCUT2D eigenvalue weighted by Crippen LogP contribution is -2.30. The van der Waals surface area contributed by atoms with Crippen LogP contribution in [-0.2, 0) is 0 Å². The Labute approximate surface area is 87.5 Å². The van der Waals surface area contributed by atoms with Crippen molar-refractivity contribution in [2.24, 2.45) is 23.7 Å². The quantitative estimate of drug-likeness (QED) is 0.619. The van der Waals surface area contributed by atoms with E-state index in [-0.39, 0.29) is 0 Å². The van der Waals surface area contributed by atoms with Crippen molar-refractivity contribution in [1.82, 2.24) is 0 Å². The van der Waals surface area contributed by atoms with E-state index in [4.69, 9.17) is 5.26 Å². The number of nitrogens with zero attached hydrogens (tertiary/aromatic N) is 1. The van der Waals surface area contributed by atoms with E-state index in [1.165, 1.54) is 44.9 Å².